The quantitative estimate of drug-likeness (QED) is 0.889. The molecule has 0 radical (unpaired) electrons. The Labute approximate surface area is 114 Å². The summed E-state index contributed by atoms with van der Waals surface area (Å²) in [5, 5.41) is 11.0. The van der Waals surface area contributed by atoms with E-state index in [4.69, 9.17) is 9.47 Å². The van der Waals surface area contributed by atoms with Gasteiger partial charge in [-0.05, 0) is 42.9 Å². The molecule has 104 valence electrons. The van der Waals surface area contributed by atoms with Crippen molar-refractivity contribution in [1.82, 2.24) is 0 Å². The number of benzene rings is 1. The molecular formula is C16H22O3. The lowest BCUT2D eigenvalue weighted by molar-refractivity contribution is -0.00409. The molecule has 1 heterocycles. The normalized spacial score (nSPS) is 30.1. The number of ether oxygens (including phenoxy) is 2. The highest BCUT2D eigenvalue weighted by Crippen LogP contribution is 2.47. The fourth-order valence-electron chi connectivity index (χ4n) is 3.42. The van der Waals surface area contributed by atoms with Crippen LogP contribution in [0.5, 0.6) is 11.5 Å². The Hall–Kier alpha value is -1.22. The third-order valence-corrected chi connectivity index (χ3v) is 4.53. The minimum atomic E-state index is -0.681. The van der Waals surface area contributed by atoms with Crippen LogP contribution in [0, 0.1) is 5.92 Å². The predicted octanol–water partition coefficient (Wildman–Crippen LogP) is 3.25. The van der Waals surface area contributed by atoms with Crippen LogP contribution in [0.1, 0.15) is 44.6 Å². The van der Waals surface area contributed by atoms with E-state index >= 15 is 0 Å². The molecule has 0 aromatic heterocycles. The number of aliphatic hydroxyl groups is 1. The van der Waals surface area contributed by atoms with Gasteiger partial charge in [-0.25, -0.2) is 0 Å². The van der Waals surface area contributed by atoms with Crippen LogP contribution in [0.15, 0.2) is 18.2 Å². The fourth-order valence-corrected chi connectivity index (χ4v) is 3.42. The van der Waals surface area contributed by atoms with E-state index in [-0.39, 0.29) is 0 Å². The lowest BCUT2D eigenvalue weighted by atomic mass is 9.82. The van der Waals surface area contributed by atoms with Crippen LogP contribution < -0.4 is 9.47 Å². The monoisotopic (exact) mass is 262 g/mol. The van der Waals surface area contributed by atoms with Crippen LogP contribution in [0.25, 0.3) is 0 Å². The van der Waals surface area contributed by atoms with Gasteiger partial charge in [0, 0.05) is 6.42 Å². The van der Waals surface area contributed by atoms with Crippen LogP contribution in [0.4, 0.5) is 0 Å². The number of hydrogen-bond donors (Lipinski definition) is 1. The van der Waals surface area contributed by atoms with E-state index in [0.717, 1.165) is 49.2 Å². The molecule has 0 saturated heterocycles. The van der Waals surface area contributed by atoms with E-state index in [0.29, 0.717) is 19.1 Å². The van der Waals surface area contributed by atoms with Crippen LogP contribution in [0.3, 0.4) is 0 Å². The summed E-state index contributed by atoms with van der Waals surface area (Å²) in [7, 11) is 0. The smallest absolute Gasteiger partial charge is 0.161 e. The average Bonchev–Trinajstić information content (AvgIpc) is 2.67. The largest absolute Gasteiger partial charge is 0.490 e. The van der Waals surface area contributed by atoms with E-state index in [9.17, 15) is 5.11 Å². The van der Waals surface area contributed by atoms with Gasteiger partial charge in [0.15, 0.2) is 11.5 Å². The molecule has 1 aromatic rings. The van der Waals surface area contributed by atoms with Gasteiger partial charge in [-0.3, -0.25) is 0 Å². The molecular weight excluding hydrogens is 240 g/mol. The molecule has 19 heavy (non-hydrogen) atoms. The van der Waals surface area contributed by atoms with Crippen molar-refractivity contribution in [2.24, 2.45) is 5.92 Å². The molecule has 2 unspecified atom stereocenters. The van der Waals surface area contributed by atoms with E-state index in [1.54, 1.807) is 0 Å². The first-order valence-electron chi connectivity index (χ1n) is 7.36. The first-order chi connectivity index (χ1) is 9.24. The topological polar surface area (TPSA) is 38.7 Å². The third-order valence-electron chi connectivity index (χ3n) is 4.53. The number of fused-ring (bicyclic) bond motifs is 1. The maximum atomic E-state index is 11.0. The molecule has 3 rings (SSSR count). The Morgan fingerprint density at radius 3 is 2.79 bits per heavy atom. The molecule has 1 N–H and O–H groups in total. The van der Waals surface area contributed by atoms with E-state index in [1.165, 1.54) is 0 Å². The van der Waals surface area contributed by atoms with Gasteiger partial charge >= 0.3 is 0 Å². The summed E-state index contributed by atoms with van der Waals surface area (Å²) in [4.78, 5) is 0. The minimum absolute atomic E-state index is 0.359. The summed E-state index contributed by atoms with van der Waals surface area (Å²) in [5.74, 6) is 1.94. The highest BCUT2D eigenvalue weighted by Gasteiger charge is 2.41. The minimum Gasteiger partial charge on any atom is -0.490 e. The highest BCUT2D eigenvalue weighted by molar-refractivity contribution is 5.45. The van der Waals surface area contributed by atoms with Gasteiger partial charge in [0.05, 0.1) is 18.8 Å². The van der Waals surface area contributed by atoms with Crippen molar-refractivity contribution in [3.63, 3.8) is 0 Å². The zero-order valence-corrected chi connectivity index (χ0v) is 11.5. The summed E-state index contributed by atoms with van der Waals surface area (Å²) < 4.78 is 11.4. The Balaban J connectivity index is 1.95. The fraction of sp³-hybridized carbons (Fsp3) is 0.625. The molecule has 0 amide bonds. The molecule has 0 bridgehead atoms. The Morgan fingerprint density at radius 2 is 2.00 bits per heavy atom. The average molecular weight is 262 g/mol. The summed E-state index contributed by atoms with van der Waals surface area (Å²) in [6, 6.07) is 5.93. The van der Waals surface area contributed by atoms with E-state index in [2.05, 4.69) is 6.92 Å². The van der Waals surface area contributed by atoms with Crippen molar-refractivity contribution in [2.75, 3.05) is 13.2 Å². The van der Waals surface area contributed by atoms with Crippen LogP contribution in [-0.4, -0.2) is 18.3 Å². The highest BCUT2D eigenvalue weighted by atomic mass is 16.5. The van der Waals surface area contributed by atoms with Crippen molar-refractivity contribution >= 4 is 0 Å². The Kier molecular flexibility index (Phi) is 3.40. The second-order valence-electron chi connectivity index (χ2n) is 5.63. The summed E-state index contributed by atoms with van der Waals surface area (Å²) >= 11 is 0. The van der Waals surface area contributed by atoms with E-state index in [1.807, 2.05) is 18.2 Å². The lowest BCUT2D eigenvalue weighted by Crippen LogP contribution is -2.29. The third kappa shape index (κ3) is 2.20. The van der Waals surface area contributed by atoms with Gasteiger partial charge in [-0.1, -0.05) is 19.4 Å². The van der Waals surface area contributed by atoms with Gasteiger partial charge in [-0.15, -0.1) is 0 Å². The van der Waals surface area contributed by atoms with Gasteiger partial charge < -0.3 is 14.6 Å². The first kappa shape index (κ1) is 12.8. The van der Waals surface area contributed by atoms with Gasteiger partial charge in [0.25, 0.3) is 0 Å². The second kappa shape index (κ2) is 5.04. The van der Waals surface area contributed by atoms with Gasteiger partial charge in [0.2, 0.25) is 0 Å². The van der Waals surface area contributed by atoms with E-state index < -0.39 is 5.60 Å². The summed E-state index contributed by atoms with van der Waals surface area (Å²) in [6.07, 6.45) is 4.99. The molecule has 0 spiro atoms. The molecule has 1 aromatic carbocycles. The molecule has 3 nitrogen and oxygen atoms in total. The Bertz CT molecular complexity index is 457. The Morgan fingerprint density at radius 1 is 1.21 bits per heavy atom. The van der Waals surface area contributed by atoms with Crippen molar-refractivity contribution in [3.05, 3.63) is 23.8 Å². The molecule has 3 heteroatoms. The molecule has 1 fully saturated rings. The standard InChI is InChI=1S/C16H22O3/c1-2-12-5-3-8-16(12,17)13-6-7-14-15(11-13)19-10-4-9-18-14/h6-7,11-12,17H,2-5,8-10H2,1H3. The van der Waals surface area contributed by atoms with Crippen molar-refractivity contribution < 1.29 is 14.6 Å². The number of rotatable bonds is 2. The van der Waals surface area contributed by atoms with Crippen LogP contribution in [0.2, 0.25) is 0 Å². The first-order valence-corrected chi connectivity index (χ1v) is 7.36. The van der Waals surface area contributed by atoms with Gasteiger partial charge in [0.1, 0.15) is 0 Å². The molecule has 2 aliphatic rings. The van der Waals surface area contributed by atoms with Crippen molar-refractivity contribution in [3.8, 4) is 11.5 Å². The maximum absolute atomic E-state index is 11.0. The summed E-state index contributed by atoms with van der Waals surface area (Å²) in [5.41, 5.74) is 0.306. The zero-order valence-electron chi connectivity index (χ0n) is 11.5. The summed E-state index contributed by atoms with van der Waals surface area (Å²) in [6.45, 7) is 3.55. The lowest BCUT2D eigenvalue weighted by Gasteiger charge is -2.30. The number of hydrogen-bond acceptors (Lipinski definition) is 3. The predicted molar refractivity (Wildman–Crippen MR) is 73.6 cm³/mol. The van der Waals surface area contributed by atoms with Gasteiger partial charge in [-0.2, -0.15) is 0 Å². The molecule has 2 atom stereocenters. The maximum Gasteiger partial charge on any atom is 0.161 e. The van der Waals surface area contributed by atoms with Crippen LogP contribution >= 0.6 is 0 Å². The van der Waals surface area contributed by atoms with Crippen molar-refractivity contribution in [2.45, 2.75) is 44.6 Å². The van der Waals surface area contributed by atoms with Crippen molar-refractivity contribution in [1.29, 1.82) is 0 Å². The second-order valence-corrected chi connectivity index (χ2v) is 5.63. The molecule has 1 aliphatic carbocycles. The SMILES string of the molecule is CCC1CCCC1(O)c1ccc2c(c1)OCCCO2. The molecule has 1 saturated carbocycles. The van der Waals surface area contributed by atoms with Crippen LogP contribution in [-0.2, 0) is 5.60 Å². The molecule has 1 aliphatic heterocycles. The zero-order chi connectivity index (χ0) is 13.3.